The molecule has 0 radical (unpaired) electrons. The summed E-state index contributed by atoms with van der Waals surface area (Å²) >= 11 is 3.55. The molecule has 0 fully saturated rings. The van der Waals surface area contributed by atoms with E-state index in [4.69, 9.17) is 0 Å². The largest absolute Gasteiger partial charge is 0.372 e. The molecule has 0 aliphatic heterocycles. The van der Waals surface area contributed by atoms with E-state index in [1.54, 1.807) is 6.33 Å². The second kappa shape index (κ2) is 5.57. The summed E-state index contributed by atoms with van der Waals surface area (Å²) in [6.07, 6.45) is 1.56. The number of halogens is 1. The van der Waals surface area contributed by atoms with E-state index in [-0.39, 0.29) is 0 Å². The third-order valence-corrected chi connectivity index (χ3v) is 3.77. The minimum absolute atomic E-state index is 0.779. The third-order valence-electron chi connectivity index (χ3n) is 3.04. The van der Waals surface area contributed by atoms with E-state index in [0.717, 1.165) is 21.8 Å². The van der Waals surface area contributed by atoms with Gasteiger partial charge in [0.1, 0.15) is 16.6 Å². The highest BCUT2D eigenvalue weighted by Crippen LogP contribution is 2.33. The van der Waals surface area contributed by atoms with Gasteiger partial charge in [0.05, 0.1) is 0 Å². The first kappa shape index (κ1) is 13.8. The van der Waals surface area contributed by atoms with Gasteiger partial charge in [0.2, 0.25) is 0 Å². The number of aromatic nitrogens is 2. The molecular weight excluding hydrogens is 304 g/mol. The Hall–Kier alpha value is -1.62. The summed E-state index contributed by atoms with van der Waals surface area (Å²) in [5.41, 5.74) is 3.61. The molecular formula is C14H17BrN4. The SMILES string of the molecule is CNc1ncnc(N(C)c2ccc(C)cc2C)c1Br. The summed E-state index contributed by atoms with van der Waals surface area (Å²) in [7, 11) is 3.85. The molecule has 100 valence electrons. The Morgan fingerprint density at radius 2 is 1.95 bits per heavy atom. The molecule has 4 nitrogen and oxygen atoms in total. The van der Waals surface area contributed by atoms with E-state index in [9.17, 15) is 0 Å². The minimum Gasteiger partial charge on any atom is -0.372 e. The Morgan fingerprint density at radius 1 is 1.21 bits per heavy atom. The van der Waals surface area contributed by atoms with E-state index in [1.807, 2.05) is 14.1 Å². The molecule has 1 N–H and O–H groups in total. The van der Waals surface area contributed by atoms with Gasteiger partial charge in [-0.25, -0.2) is 9.97 Å². The smallest absolute Gasteiger partial charge is 0.152 e. The number of rotatable bonds is 3. The lowest BCUT2D eigenvalue weighted by Crippen LogP contribution is -2.14. The van der Waals surface area contributed by atoms with Crippen LogP contribution in [0, 0.1) is 13.8 Å². The van der Waals surface area contributed by atoms with Crippen molar-refractivity contribution >= 4 is 33.3 Å². The summed E-state index contributed by atoms with van der Waals surface area (Å²) in [6, 6.07) is 6.38. The van der Waals surface area contributed by atoms with Gasteiger partial charge in [-0.1, -0.05) is 17.7 Å². The van der Waals surface area contributed by atoms with Gasteiger partial charge >= 0.3 is 0 Å². The lowest BCUT2D eigenvalue weighted by Gasteiger charge is -2.22. The Bertz CT molecular complexity index is 598. The number of aryl methyl sites for hydroxylation is 2. The summed E-state index contributed by atoms with van der Waals surface area (Å²) in [4.78, 5) is 10.6. The zero-order valence-electron chi connectivity index (χ0n) is 11.5. The Labute approximate surface area is 122 Å². The summed E-state index contributed by atoms with van der Waals surface area (Å²) in [6.45, 7) is 4.20. The van der Waals surface area contributed by atoms with Gasteiger partial charge in [-0.3, -0.25) is 0 Å². The summed E-state index contributed by atoms with van der Waals surface area (Å²) in [5, 5.41) is 3.04. The van der Waals surface area contributed by atoms with Crippen LogP contribution in [0.4, 0.5) is 17.3 Å². The predicted octanol–water partition coefficient (Wildman–Crippen LogP) is 3.67. The van der Waals surface area contributed by atoms with Crippen molar-refractivity contribution in [3.05, 3.63) is 40.1 Å². The van der Waals surface area contributed by atoms with Crippen molar-refractivity contribution in [3.63, 3.8) is 0 Å². The Balaban J connectivity index is 2.47. The molecule has 0 saturated heterocycles. The van der Waals surface area contributed by atoms with Crippen LogP contribution in [0.2, 0.25) is 0 Å². The maximum Gasteiger partial charge on any atom is 0.152 e. The maximum absolute atomic E-state index is 4.35. The van der Waals surface area contributed by atoms with Crippen LogP contribution in [0.1, 0.15) is 11.1 Å². The molecule has 5 heteroatoms. The molecule has 0 bridgehead atoms. The molecule has 0 aliphatic rings. The molecule has 0 saturated carbocycles. The highest BCUT2D eigenvalue weighted by atomic mass is 79.9. The van der Waals surface area contributed by atoms with Crippen LogP contribution >= 0.6 is 15.9 Å². The van der Waals surface area contributed by atoms with Crippen molar-refractivity contribution in [2.24, 2.45) is 0 Å². The molecule has 1 aromatic heterocycles. The van der Waals surface area contributed by atoms with Gasteiger partial charge in [-0.2, -0.15) is 0 Å². The van der Waals surface area contributed by atoms with Crippen LogP contribution in [-0.4, -0.2) is 24.1 Å². The Morgan fingerprint density at radius 3 is 2.58 bits per heavy atom. The number of anilines is 3. The standard InChI is InChI=1S/C14H17BrN4/c1-9-5-6-11(10(2)7-9)19(4)14-12(15)13(16-3)17-8-18-14/h5-8H,1-4H3,(H,16,17,18). The van der Waals surface area contributed by atoms with Gasteiger partial charge in [0, 0.05) is 19.8 Å². The van der Waals surface area contributed by atoms with Crippen LogP contribution in [0.15, 0.2) is 29.0 Å². The van der Waals surface area contributed by atoms with Crippen LogP contribution in [0.25, 0.3) is 0 Å². The maximum atomic E-state index is 4.35. The molecule has 0 unspecified atom stereocenters. The van der Waals surface area contributed by atoms with Crippen LogP contribution in [0.5, 0.6) is 0 Å². The van der Waals surface area contributed by atoms with Crippen molar-refractivity contribution in [1.82, 2.24) is 9.97 Å². The predicted molar refractivity (Wildman–Crippen MR) is 83.3 cm³/mol. The molecule has 0 aliphatic carbocycles. The fourth-order valence-corrected chi connectivity index (χ4v) is 2.73. The molecule has 2 aromatic rings. The molecule has 19 heavy (non-hydrogen) atoms. The van der Waals surface area contributed by atoms with Crippen LogP contribution in [-0.2, 0) is 0 Å². The quantitative estimate of drug-likeness (QED) is 0.936. The number of benzene rings is 1. The number of hydrogen-bond acceptors (Lipinski definition) is 4. The molecule has 2 rings (SSSR count). The lowest BCUT2D eigenvalue weighted by molar-refractivity contribution is 1.06. The fraction of sp³-hybridized carbons (Fsp3) is 0.286. The van der Waals surface area contributed by atoms with Gasteiger partial charge in [-0.15, -0.1) is 0 Å². The molecule has 0 spiro atoms. The molecule has 0 atom stereocenters. The summed E-state index contributed by atoms with van der Waals surface area (Å²) in [5.74, 6) is 1.62. The van der Waals surface area contributed by atoms with Crippen molar-refractivity contribution in [3.8, 4) is 0 Å². The summed E-state index contributed by atoms with van der Waals surface area (Å²) < 4.78 is 0.861. The van der Waals surface area contributed by atoms with Gasteiger partial charge in [-0.05, 0) is 41.4 Å². The minimum atomic E-state index is 0.779. The fourth-order valence-electron chi connectivity index (χ4n) is 2.06. The number of hydrogen-bond donors (Lipinski definition) is 1. The van der Waals surface area contributed by atoms with Gasteiger partial charge < -0.3 is 10.2 Å². The molecule has 0 amide bonds. The third kappa shape index (κ3) is 2.71. The first-order chi connectivity index (χ1) is 9.04. The number of nitrogens with one attached hydrogen (secondary N) is 1. The lowest BCUT2D eigenvalue weighted by atomic mass is 10.1. The Kier molecular flexibility index (Phi) is 4.04. The second-order valence-corrected chi connectivity index (χ2v) is 5.25. The van der Waals surface area contributed by atoms with Gasteiger partial charge in [0.25, 0.3) is 0 Å². The average molecular weight is 321 g/mol. The number of nitrogens with zero attached hydrogens (tertiary/aromatic N) is 3. The van der Waals surface area contributed by atoms with Crippen LogP contribution < -0.4 is 10.2 Å². The van der Waals surface area contributed by atoms with E-state index >= 15 is 0 Å². The zero-order valence-corrected chi connectivity index (χ0v) is 13.1. The van der Waals surface area contributed by atoms with Crippen molar-refractivity contribution in [2.45, 2.75) is 13.8 Å². The normalized spacial score (nSPS) is 10.4. The first-order valence-corrected chi connectivity index (χ1v) is 6.83. The van der Waals surface area contributed by atoms with Crippen LogP contribution in [0.3, 0.4) is 0 Å². The van der Waals surface area contributed by atoms with Crippen molar-refractivity contribution in [1.29, 1.82) is 0 Å². The van der Waals surface area contributed by atoms with E-state index in [1.165, 1.54) is 11.1 Å². The molecule has 1 heterocycles. The van der Waals surface area contributed by atoms with E-state index < -0.39 is 0 Å². The zero-order chi connectivity index (χ0) is 14.0. The van der Waals surface area contributed by atoms with E-state index in [0.29, 0.717) is 0 Å². The van der Waals surface area contributed by atoms with E-state index in [2.05, 4.69) is 68.2 Å². The topological polar surface area (TPSA) is 41.1 Å². The average Bonchev–Trinajstić information content (AvgIpc) is 2.38. The first-order valence-electron chi connectivity index (χ1n) is 6.04. The molecule has 1 aromatic carbocycles. The monoisotopic (exact) mass is 320 g/mol. The van der Waals surface area contributed by atoms with Gasteiger partial charge in [0.15, 0.2) is 5.82 Å². The highest BCUT2D eigenvalue weighted by Gasteiger charge is 2.14. The highest BCUT2D eigenvalue weighted by molar-refractivity contribution is 9.10. The second-order valence-electron chi connectivity index (χ2n) is 4.46. The van der Waals surface area contributed by atoms with Crippen molar-refractivity contribution in [2.75, 3.05) is 24.3 Å². The van der Waals surface area contributed by atoms with Crippen molar-refractivity contribution < 1.29 is 0 Å².